The Labute approximate surface area is 113 Å². The van der Waals surface area contributed by atoms with E-state index in [2.05, 4.69) is 10.6 Å². The summed E-state index contributed by atoms with van der Waals surface area (Å²) in [5.74, 6) is -0.110. The molecule has 5 nitrogen and oxygen atoms in total. The minimum Gasteiger partial charge on any atom is -0.384 e. The molecule has 1 aromatic rings. The molecule has 0 aromatic heterocycles. The predicted octanol–water partition coefficient (Wildman–Crippen LogP) is 1.39. The van der Waals surface area contributed by atoms with Gasteiger partial charge in [-0.15, -0.1) is 0 Å². The molecule has 0 fully saturated rings. The summed E-state index contributed by atoms with van der Waals surface area (Å²) in [6.07, 6.45) is 0.519. The highest BCUT2D eigenvalue weighted by Gasteiger charge is 2.20. The van der Waals surface area contributed by atoms with Gasteiger partial charge in [-0.1, -0.05) is 0 Å². The van der Waals surface area contributed by atoms with E-state index < -0.39 is 6.29 Å². The molecule has 0 bridgehead atoms. The number of rotatable bonds is 5. The highest BCUT2D eigenvalue weighted by Crippen LogP contribution is 2.23. The van der Waals surface area contributed by atoms with Crippen molar-refractivity contribution in [2.45, 2.75) is 25.7 Å². The maximum Gasteiger partial charge on any atom is 0.251 e. The van der Waals surface area contributed by atoms with Crippen molar-refractivity contribution in [3.8, 4) is 0 Å². The lowest BCUT2D eigenvalue weighted by molar-refractivity contribution is -0.117. The molecule has 0 spiro atoms. The smallest absolute Gasteiger partial charge is 0.251 e. The van der Waals surface area contributed by atoms with Gasteiger partial charge in [0.15, 0.2) is 6.29 Å². The molecule has 1 aromatic carbocycles. The maximum atomic E-state index is 12.1. The molecule has 0 radical (unpaired) electrons. The van der Waals surface area contributed by atoms with E-state index in [-0.39, 0.29) is 11.9 Å². The summed E-state index contributed by atoms with van der Waals surface area (Å²) >= 11 is 0. The third-order valence-corrected chi connectivity index (χ3v) is 3.31. The second-order valence-corrected chi connectivity index (χ2v) is 4.65. The number of carbonyl (C=O) groups is 1. The van der Waals surface area contributed by atoms with Crippen molar-refractivity contribution in [2.75, 3.05) is 26.1 Å². The van der Waals surface area contributed by atoms with Crippen LogP contribution in [0.15, 0.2) is 18.2 Å². The second-order valence-electron chi connectivity index (χ2n) is 4.65. The Morgan fingerprint density at radius 2 is 2.11 bits per heavy atom. The van der Waals surface area contributed by atoms with E-state index in [1.807, 2.05) is 25.1 Å². The lowest BCUT2D eigenvalue weighted by atomic mass is 10.1. The maximum absolute atomic E-state index is 12.1. The Kier molecular flexibility index (Phi) is 4.39. The van der Waals surface area contributed by atoms with Crippen LogP contribution >= 0.6 is 0 Å². The molecule has 1 heterocycles. The summed E-state index contributed by atoms with van der Waals surface area (Å²) in [5, 5.41) is 6.15. The van der Waals surface area contributed by atoms with Gasteiger partial charge >= 0.3 is 0 Å². The van der Waals surface area contributed by atoms with Gasteiger partial charge < -0.3 is 20.1 Å². The van der Waals surface area contributed by atoms with Crippen molar-refractivity contribution in [3.63, 3.8) is 0 Å². The SMILES string of the molecule is COC(OC)C(C)NC(=O)c1ccc2c(c1)CCN2. The summed E-state index contributed by atoms with van der Waals surface area (Å²) in [6, 6.07) is 5.50. The molecule has 1 atom stereocenters. The minimum atomic E-state index is -0.444. The van der Waals surface area contributed by atoms with Crippen molar-refractivity contribution in [3.05, 3.63) is 29.3 Å². The first kappa shape index (κ1) is 13.8. The largest absolute Gasteiger partial charge is 0.384 e. The first-order valence-corrected chi connectivity index (χ1v) is 6.39. The van der Waals surface area contributed by atoms with Crippen molar-refractivity contribution >= 4 is 11.6 Å². The normalized spacial score (nSPS) is 14.9. The van der Waals surface area contributed by atoms with Gasteiger partial charge in [0.05, 0.1) is 6.04 Å². The van der Waals surface area contributed by atoms with Crippen LogP contribution in [0.3, 0.4) is 0 Å². The summed E-state index contributed by atoms with van der Waals surface area (Å²) < 4.78 is 10.3. The molecular weight excluding hydrogens is 244 g/mol. The highest BCUT2D eigenvalue weighted by molar-refractivity contribution is 5.95. The van der Waals surface area contributed by atoms with Crippen molar-refractivity contribution in [1.82, 2.24) is 5.32 Å². The van der Waals surface area contributed by atoms with E-state index in [0.29, 0.717) is 5.56 Å². The van der Waals surface area contributed by atoms with Crippen LogP contribution in [0.25, 0.3) is 0 Å². The van der Waals surface area contributed by atoms with E-state index in [1.54, 1.807) is 14.2 Å². The molecule has 0 saturated carbocycles. The number of fused-ring (bicyclic) bond motifs is 1. The molecule has 0 aliphatic carbocycles. The molecule has 2 rings (SSSR count). The predicted molar refractivity (Wildman–Crippen MR) is 73.4 cm³/mol. The van der Waals surface area contributed by atoms with Gasteiger partial charge in [0, 0.05) is 32.0 Å². The first-order valence-electron chi connectivity index (χ1n) is 6.39. The standard InChI is InChI=1S/C14H20N2O3/c1-9(14(18-2)19-3)16-13(17)11-4-5-12-10(8-11)6-7-15-12/h4-5,8-9,14-15H,6-7H2,1-3H3,(H,16,17). The van der Waals surface area contributed by atoms with Gasteiger partial charge in [-0.2, -0.15) is 0 Å². The fourth-order valence-corrected chi connectivity index (χ4v) is 2.31. The number of hydrogen-bond acceptors (Lipinski definition) is 4. The second kappa shape index (κ2) is 6.04. The fourth-order valence-electron chi connectivity index (χ4n) is 2.31. The molecule has 1 aliphatic rings. The molecule has 1 aliphatic heterocycles. The van der Waals surface area contributed by atoms with Crippen LogP contribution in [0.5, 0.6) is 0 Å². The Bertz CT molecular complexity index is 458. The molecule has 2 N–H and O–H groups in total. The zero-order valence-electron chi connectivity index (χ0n) is 11.5. The summed E-state index contributed by atoms with van der Waals surface area (Å²) in [6.45, 7) is 2.79. The Balaban J connectivity index is 2.04. The van der Waals surface area contributed by atoms with Crippen LogP contribution in [0.2, 0.25) is 0 Å². The highest BCUT2D eigenvalue weighted by atomic mass is 16.7. The van der Waals surface area contributed by atoms with Gasteiger partial charge in [0.25, 0.3) is 5.91 Å². The van der Waals surface area contributed by atoms with Gasteiger partial charge in [-0.25, -0.2) is 0 Å². The van der Waals surface area contributed by atoms with Crippen molar-refractivity contribution < 1.29 is 14.3 Å². The molecule has 1 unspecified atom stereocenters. The van der Waals surface area contributed by atoms with Gasteiger partial charge in [0.1, 0.15) is 0 Å². The number of amides is 1. The quantitative estimate of drug-likeness (QED) is 0.789. The van der Waals surface area contributed by atoms with E-state index in [0.717, 1.165) is 18.7 Å². The van der Waals surface area contributed by atoms with Crippen LogP contribution in [0.1, 0.15) is 22.8 Å². The van der Waals surface area contributed by atoms with Crippen LogP contribution in [-0.4, -0.2) is 39.0 Å². The molecule has 19 heavy (non-hydrogen) atoms. The number of ether oxygens (including phenoxy) is 2. The number of carbonyl (C=O) groups excluding carboxylic acids is 1. The van der Waals surface area contributed by atoms with Gasteiger partial charge in [0.2, 0.25) is 0 Å². The first-order chi connectivity index (χ1) is 9.15. The van der Waals surface area contributed by atoms with Crippen molar-refractivity contribution in [1.29, 1.82) is 0 Å². The van der Waals surface area contributed by atoms with Crippen LogP contribution in [0, 0.1) is 0 Å². The Morgan fingerprint density at radius 3 is 2.79 bits per heavy atom. The van der Waals surface area contributed by atoms with Crippen LogP contribution in [0.4, 0.5) is 5.69 Å². The van der Waals surface area contributed by atoms with E-state index >= 15 is 0 Å². The van der Waals surface area contributed by atoms with Crippen molar-refractivity contribution in [2.24, 2.45) is 0 Å². The average Bonchev–Trinajstić information content (AvgIpc) is 2.87. The molecule has 0 saturated heterocycles. The fraction of sp³-hybridized carbons (Fsp3) is 0.500. The molecule has 5 heteroatoms. The van der Waals surface area contributed by atoms with Gasteiger partial charge in [-0.05, 0) is 37.1 Å². The van der Waals surface area contributed by atoms with E-state index in [1.165, 1.54) is 5.56 Å². The number of nitrogens with one attached hydrogen (secondary N) is 2. The number of benzene rings is 1. The number of hydrogen-bond donors (Lipinski definition) is 2. The third kappa shape index (κ3) is 3.05. The van der Waals surface area contributed by atoms with Crippen LogP contribution in [-0.2, 0) is 15.9 Å². The lowest BCUT2D eigenvalue weighted by Gasteiger charge is -2.22. The molecule has 1 amide bonds. The summed E-state index contributed by atoms with van der Waals surface area (Å²) in [5.41, 5.74) is 2.98. The van der Waals surface area contributed by atoms with Crippen LogP contribution < -0.4 is 10.6 Å². The Hall–Kier alpha value is -1.59. The monoisotopic (exact) mass is 264 g/mol. The molecule has 104 valence electrons. The zero-order valence-corrected chi connectivity index (χ0v) is 11.5. The lowest BCUT2D eigenvalue weighted by Crippen LogP contribution is -2.42. The van der Waals surface area contributed by atoms with E-state index in [4.69, 9.17) is 9.47 Å². The molecular formula is C14H20N2O3. The summed E-state index contributed by atoms with van der Waals surface area (Å²) in [7, 11) is 3.11. The van der Waals surface area contributed by atoms with E-state index in [9.17, 15) is 4.79 Å². The Morgan fingerprint density at radius 1 is 1.37 bits per heavy atom. The summed E-state index contributed by atoms with van der Waals surface area (Å²) in [4.78, 5) is 12.1. The average molecular weight is 264 g/mol. The topological polar surface area (TPSA) is 59.6 Å². The third-order valence-electron chi connectivity index (χ3n) is 3.31. The number of anilines is 1. The zero-order chi connectivity index (χ0) is 13.8. The minimum absolute atomic E-state index is 0.110. The van der Waals surface area contributed by atoms with Gasteiger partial charge in [-0.3, -0.25) is 4.79 Å². The number of methoxy groups -OCH3 is 2.